The summed E-state index contributed by atoms with van der Waals surface area (Å²) in [6.07, 6.45) is 1.03. The number of rotatable bonds is 5. The maximum Gasteiger partial charge on any atom is 0.0481 e. The second-order valence-corrected chi connectivity index (χ2v) is 4.15. The summed E-state index contributed by atoms with van der Waals surface area (Å²) >= 11 is 0. The second kappa shape index (κ2) is 5.76. The SMILES string of the molecule is COCCC(C)Nc1cc(C)ccc1C. The molecule has 0 radical (unpaired) electrons. The van der Waals surface area contributed by atoms with E-state index in [2.05, 4.69) is 44.3 Å². The summed E-state index contributed by atoms with van der Waals surface area (Å²) in [5.74, 6) is 0. The molecule has 0 saturated heterocycles. The molecule has 2 heteroatoms. The molecule has 0 aromatic heterocycles. The number of ether oxygens (including phenoxy) is 1. The lowest BCUT2D eigenvalue weighted by atomic mass is 10.1. The van der Waals surface area contributed by atoms with Crippen LogP contribution in [0.2, 0.25) is 0 Å². The Balaban J connectivity index is 2.59. The Morgan fingerprint density at radius 3 is 2.73 bits per heavy atom. The van der Waals surface area contributed by atoms with E-state index in [0.717, 1.165) is 13.0 Å². The van der Waals surface area contributed by atoms with Crippen molar-refractivity contribution >= 4 is 5.69 Å². The molecule has 0 aliphatic carbocycles. The molecule has 0 fully saturated rings. The first kappa shape index (κ1) is 12.1. The summed E-state index contributed by atoms with van der Waals surface area (Å²) < 4.78 is 5.06. The van der Waals surface area contributed by atoms with Gasteiger partial charge < -0.3 is 10.1 Å². The molecule has 0 saturated carbocycles. The topological polar surface area (TPSA) is 21.3 Å². The van der Waals surface area contributed by atoms with Crippen molar-refractivity contribution in [2.75, 3.05) is 19.0 Å². The van der Waals surface area contributed by atoms with E-state index in [-0.39, 0.29) is 0 Å². The Hall–Kier alpha value is -1.02. The van der Waals surface area contributed by atoms with Crippen molar-refractivity contribution in [1.29, 1.82) is 0 Å². The van der Waals surface area contributed by atoms with E-state index in [4.69, 9.17) is 4.74 Å². The average Bonchev–Trinajstić information content (AvgIpc) is 2.20. The third-order valence-electron chi connectivity index (χ3n) is 2.55. The van der Waals surface area contributed by atoms with Crippen molar-refractivity contribution in [2.24, 2.45) is 0 Å². The van der Waals surface area contributed by atoms with Gasteiger partial charge in [-0.05, 0) is 44.4 Å². The summed E-state index contributed by atoms with van der Waals surface area (Å²) in [5, 5.41) is 3.51. The van der Waals surface area contributed by atoms with Crippen LogP contribution < -0.4 is 5.32 Å². The number of nitrogens with one attached hydrogen (secondary N) is 1. The lowest BCUT2D eigenvalue weighted by Gasteiger charge is -2.17. The molecule has 0 aliphatic rings. The number of benzene rings is 1. The zero-order valence-corrected chi connectivity index (χ0v) is 10.1. The highest BCUT2D eigenvalue weighted by molar-refractivity contribution is 5.52. The van der Waals surface area contributed by atoms with E-state index in [1.807, 2.05) is 0 Å². The van der Waals surface area contributed by atoms with Crippen molar-refractivity contribution in [3.63, 3.8) is 0 Å². The van der Waals surface area contributed by atoms with Gasteiger partial charge in [0.25, 0.3) is 0 Å². The van der Waals surface area contributed by atoms with Crippen LogP contribution in [-0.4, -0.2) is 19.8 Å². The molecule has 1 aromatic carbocycles. The highest BCUT2D eigenvalue weighted by atomic mass is 16.5. The molecule has 15 heavy (non-hydrogen) atoms. The monoisotopic (exact) mass is 207 g/mol. The van der Waals surface area contributed by atoms with Crippen molar-refractivity contribution in [2.45, 2.75) is 33.2 Å². The zero-order valence-electron chi connectivity index (χ0n) is 10.1. The van der Waals surface area contributed by atoms with Gasteiger partial charge in [0.2, 0.25) is 0 Å². The minimum absolute atomic E-state index is 0.449. The van der Waals surface area contributed by atoms with Gasteiger partial charge in [-0.15, -0.1) is 0 Å². The minimum Gasteiger partial charge on any atom is -0.385 e. The molecule has 0 amide bonds. The smallest absolute Gasteiger partial charge is 0.0481 e. The fourth-order valence-corrected chi connectivity index (χ4v) is 1.52. The Bertz CT molecular complexity index is 309. The Morgan fingerprint density at radius 1 is 1.33 bits per heavy atom. The molecule has 1 aromatic rings. The molecule has 0 heterocycles. The number of aryl methyl sites for hydroxylation is 2. The summed E-state index contributed by atoms with van der Waals surface area (Å²) in [5.41, 5.74) is 3.82. The first-order valence-corrected chi connectivity index (χ1v) is 5.46. The van der Waals surface area contributed by atoms with E-state index < -0.39 is 0 Å². The van der Waals surface area contributed by atoms with Gasteiger partial charge in [0, 0.05) is 25.4 Å². The van der Waals surface area contributed by atoms with E-state index >= 15 is 0 Å². The van der Waals surface area contributed by atoms with E-state index in [0.29, 0.717) is 6.04 Å². The van der Waals surface area contributed by atoms with Gasteiger partial charge in [-0.25, -0.2) is 0 Å². The van der Waals surface area contributed by atoms with Gasteiger partial charge in [0.05, 0.1) is 0 Å². The van der Waals surface area contributed by atoms with Crippen LogP contribution in [0.3, 0.4) is 0 Å². The van der Waals surface area contributed by atoms with Gasteiger partial charge in [-0.2, -0.15) is 0 Å². The molecule has 0 spiro atoms. The normalized spacial score (nSPS) is 12.5. The predicted molar refractivity (Wildman–Crippen MR) is 65.5 cm³/mol. The van der Waals surface area contributed by atoms with Crippen molar-refractivity contribution in [1.82, 2.24) is 0 Å². The third-order valence-corrected chi connectivity index (χ3v) is 2.55. The highest BCUT2D eigenvalue weighted by Crippen LogP contribution is 2.17. The zero-order chi connectivity index (χ0) is 11.3. The summed E-state index contributed by atoms with van der Waals surface area (Å²) in [6, 6.07) is 6.94. The number of anilines is 1. The molecule has 1 unspecified atom stereocenters. The van der Waals surface area contributed by atoms with Crippen LogP contribution in [0.25, 0.3) is 0 Å². The van der Waals surface area contributed by atoms with Crippen LogP contribution >= 0.6 is 0 Å². The van der Waals surface area contributed by atoms with Crippen LogP contribution in [-0.2, 0) is 4.74 Å². The minimum atomic E-state index is 0.449. The summed E-state index contributed by atoms with van der Waals surface area (Å²) in [6.45, 7) is 7.23. The summed E-state index contributed by atoms with van der Waals surface area (Å²) in [7, 11) is 1.74. The molecule has 84 valence electrons. The van der Waals surface area contributed by atoms with Crippen LogP contribution in [0.1, 0.15) is 24.5 Å². The van der Waals surface area contributed by atoms with Crippen LogP contribution in [0.5, 0.6) is 0 Å². The third kappa shape index (κ3) is 3.92. The van der Waals surface area contributed by atoms with E-state index in [9.17, 15) is 0 Å². The first-order chi connectivity index (χ1) is 7.13. The van der Waals surface area contributed by atoms with Crippen molar-refractivity contribution in [3.05, 3.63) is 29.3 Å². The molecule has 0 bridgehead atoms. The lowest BCUT2D eigenvalue weighted by molar-refractivity contribution is 0.191. The van der Waals surface area contributed by atoms with Crippen molar-refractivity contribution in [3.8, 4) is 0 Å². The van der Waals surface area contributed by atoms with Gasteiger partial charge in [-0.3, -0.25) is 0 Å². The Morgan fingerprint density at radius 2 is 2.07 bits per heavy atom. The van der Waals surface area contributed by atoms with Crippen LogP contribution in [0, 0.1) is 13.8 Å². The molecule has 1 rings (SSSR count). The van der Waals surface area contributed by atoms with Crippen molar-refractivity contribution < 1.29 is 4.74 Å². The van der Waals surface area contributed by atoms with Crippen LogP contribution in [0.4, 0.5) is 5.69 Å². The van der Waals surface area contributed by atoms with Crippen LogP contribution in [0.15, 0.2) is 18.2 Å². The predicted octanol–water partition coefficient (Wildman–Crippen LogP) is 3.14. The Kier molecular flexibility index (Phi) is 4.63. The second-order valence-electron chi connectivity index (χ2n) is 4.15. The first-order valence-electron chi connectivity index (χ1n) is 5.46. The quantitative estimate of drug-likeness (QED) is 0.801. The fourth-order valence-electron chi connectivity index (χ4n) is 1.52. The molecule has 0 aliphatic heterocycles. The standard InChI is InChI=1S/C13H21NO/c1-10-5-6-11(2)13(9-10)14-12(3)7-8-15-4/h5-6,9,12,14H,7-8H2,1-4H3. The highest BCUT2D eigenvalue weighted by Gasteiger charge is 2.03. The average molecular weight is 207 g/mol. The number of methoxy groups -OCH3 is 1. The van der Waals surface area contributed by atoms with Gasteiger partial charge in [0.15, 0.2) is 0 Å². The fraction of sp³-hybridized carbons (Fsp3) is 0.538. The van der Waals surface area contributed by atoms with E-state index in [1.165, 1.54) is 16.8 Å². The largest absolute Gasteiger partial charge is 0.385 e. The van der Waals surface area contributed by atoms with Gasteiger partial charge >= 0.3 is 0 Å². The van der Waals surface area contributed by atoms with E-state index in [1.54, 1.807) is 7.11 Å². The van der Waals surface area contributed by atoms with Gasteiger partial charge in [0.1, 0.15) is 0 Å². The Labute approximate surface area is 92.6 Å². The number of hydrogen-bond donors (Lipinski definition) is 1. The molecular weight excluding hydrogens is 186 g/mol. The molecule has 2 nitrogen and oxygen atoms in total. The maximum absolute atomic E-state index is 5.06. The molecular formula is C13H21NO. The lowest BCUT2D eigenvalue weighted by Crippen LogP contribution is -2.17. The maximum atomic E-state index is 5.06. The molecule has 1 N–H and O–H groups in total. The molecule has 1 atom stereocenters. The number of hydrogen-bond acceptors (Lipinski definition) is 2. The van der Waals surface area contributed by atoms with Gasteiger partial charge in [-0.1, -0.05) is 12.1 Å². The summed E-state index contributed by atoms with van der Waals surface area (Å²) in [4.78, 5) is 0.